The minimum atomic E-state index is -0.345. The zero-order valence-corrected chi connectivity index (χ0v) is 23.3. The molecule has 2 bridgehead atoms. The molecule has 1 amide bonds. The molecule has 0 N–H and O–H groups in total. The molecule has 0 aliphatic carbocycles. The van der Waals surface area contributed by atoms with E-state index in [1.807, 2.05) is 28.6 Å². The lowest BCUT2D eigenvalue weighted by atomic mass is 9.69. The zero-order valence-electron chi connectivity index (χ0n) is 23.3. The number of nitro groups is 1. The molecule has 9 heteroatoms. The maximum atomic E-state index is 14.4. The van der Waals surface area contributed by atoms with E-state index in [1.165, 1.54) is 38.8 Å². The Balaban J connectivity index is 1.22. The molecule has 5 aliphatic rings. The molecule has 6 heterocycles. The van der Waals surface area contributed by atoms with Crippen molar-refractivity contribution >= 4 is 17.3 Å². The highest BCUT2D eigenvalue weighted by molar-refractivity contribution is 5.82. The van der Waals surface area contributed by atoms with E-state index in [2.05, 4.69) is 15.9 Å². The van der Waals surface area contributed by atoms with Crippen molar-refractivity contribution in [1.29, 1.82) is 0 Å². The van der Waals surface area contributed by atoms with E-state index in [-0.39, 0.29) is 45.9 Å². The topological polar surface area (TPSA) is 91.9 Å². The SMILES string of the molecule is CN(C[C@@H]1CCCN2CCCC[C@H]12)C(=O)[C@@H]1Cc2cc([N+](=O)[O-])ccc2N2CC3CC(Cn4c3cccc4=O)[C@@H]12. The largest absolute Gasteiger partial charge is 0.366 e. The van der Waals surface area contributed by atoms with Crippen LogP contribution in [-0.2, 0) is 17.8 Å². The molecule has 0 spiro atoms. The fraction of sp³-hybridized carbons (Fsp3) is 0.613. The predicted molar refractivity (Wildman–Crippen MR) is 153 cm³/mol. The minimum absolute atomic E-state index is 0.0295. The summed E-state index contributed by atoms with van der Waals surface area (Å²) < 4.78 is 1.92. The van der Waals surface area contributed by atoms with Crippen LogP contribution in [0.2, 0.25) is 0 Å². The first-order chi connectivity index (χ1) is 19.4. The summed E-state index contributed by atoms with van der Waals surface area (Å²) in [5.41, 5.74) is 3.06. The number of benzene rings is 1. The first kappa shape index (κ1) is 25.7. The number of carbonyl (C=O) groups excluding carboxylic acids is 1. The van der Waals surface area contributed by atoms with Gasteiger partial charge in [0.05, 0.1) is 10.8 Å². The van der Waals surface area contributed by atoms with Crippen LogP contribution in [0.1, 0.15) is 55.7 Å². The maximum absolute atomic E-state index is 14.4. The van der Waals surface area contributed by atoms with Crippen molar-refractivity contribution in [1.82, 2.24) is 14.4 Å². The molecule has 212 valence electrons. The molecule has 0 radical (unpaired) electrons. The molecule has 40 heavy (non-hydrogen) atoms. The fourth-order valence-corrected chi connectivity index (χ4v) is 8.95. The van der Waals surface area contributed by atoms with Crippen LogP contribution in [0.3, 0.4) is 0 Å². The molecule has 7 rings (SSSR count). The molecule has 2 unspecified atom stereocenters. The maximum Gasteiger partial charge on any atom is 0.269 e. The standard InChI is InChI=1S/C31H39N5O4/c1-32(17-20-6-5-13-33-12-3-2-7-26(20)33)31(38)25-16-21-15-24(36(39)40)10-11-28(21)35-18-22-14-23(30(25)35)19-34-27(22)8-4-9-29(34)37/h4,8-11,15,20,22-23,25-26,30H,2-3,5-7,12-14,16-19H2,1H3/t20-,22?,23?,25+,26+,30-/m0/s1. The van der Waals surface area contributed by atoms with Gasteiger partial charge < -0.3 is 19.3 Å². The average Bonchev–Trinajstić information content (AvgIpc) is 2.96. The molecular weight excluding hydrogens is 506 g/mol. The lowest BCUT2D eigenvalue weighted by Crippen LogP contribution is -2.61. The summed E-state index contributed by atoms with van der Waals surface area (Å²) in [5, 5.41) is 11.6. The molecule has 1 aromatic heterocycles. The number of nitrogens with zero attached hydrogens (tertiary/aromatic N) is 5. The second-order valence-corrected chi connectivity index (χ2v) is 12.8. The van der Waals surface area contributed by atoms with Crippen LogP contribution in [0.25, 0.3) is 0 Å². The molecule has 3 fully saturated rings. The van der Waals surface area contributed by atoms with Gasteiger partial charge in [0.1, 0.15) is 0 Å². The average molecular weight is 546 g/mol. The Morgan fingerprint density at radius 1 is 1.10 bits per heavy atom. The number of non-ortho nitro benzene ring substituents is 1. The molecule has 2 aromatic rings. The van der Waals surface area contributed by atoms with Crippen molar-refractivity contribution in [2.45, 2.75) is 69.5 Å². The van der Waals surface area contributed by atoms with Crippen LogP contribution in [0.4, 0.5) is 11.4 Å². The third kappa shape index (κ3) is 4.24. The van der Waals surface area contributed by atoms with Crippen LogP contribution in [0, 0.1) is 27.9 Å². The number of carbonyl (C=O) groups is 1. The summed E-state index contributed by atoms with van der Waals surface area (Å²) in [6, 6.07) is 11.2. The second-order valence-electron chi connectivity index (χ2n) is 12.8. The summed E-state index contributed by atoms with van der Waals surface area (Å²) >= 11 is 0. The van der Waals surface area contributed by atoms with Gasteiger partial charge in [-0.25, -0.2) is 0 Å². The number of anilines is 1. The molecule has 6 atom stereocenters. The third-order valence-corrected chi connectivity index (χ3v) is 10.6. The van der Waals surface area contributed by atoms with E-state index in [1.54, 1.807) is 18.2 Å². The van der Waals surface area contributed by atoms with Crippen molar-refractivity contribution in [3.05, 3.63) is 68.1 Å². The number of nitro benzene ring substituents is 1. The second kappa shape index (κ2) is 10.0. The normalized spacial score (nSPS) is 30.9. The Bertz CT molecular complexity index is 1390. The number of hydrogen-bond acceptors (Lipinski definition) is 6. The van der Waals surface area contributed by atoms with Gasteiger partial charge in [-0.15, -0.1) is 0 Å². The van der Waals surface area contributed by atoms with E-state index >= 15 is 0 Å². The van der Waals surface area contributed by atoms with E-state index in [9.17, 15) is 19.7 Å². The molecule has 1 aromatic carbocycles. The number of aromatic nitrogens is 1. The Hall–Kier alpha value is -3.20. The number of piperidine rings is 3. The molecule has 3 saturated heterocycles. The Morgan fingerprint density at radius 3 is 2.80 bits per heavy atom. The Kier molecular flexibility index (Phi) is 6.45. The molecule has 9 nitrogen and oxygen atoms in total. The van der Waals surface area contributed by atoms with Gasteiger partial charge in [0.25, 0.3) is 11.2 Å². The van der Waals surface area contributed by atoms with Crippen molar-refractivity contribution in [2.24, 2.45) is 17.8 Å². The van der Waals surface area contributed by atoms with Crippen molar-refractivity contribution < 1.29 is 9.72 Å². The minimum Gasteiger partial charge on any atom is -0.366 e. The van der Waals surface area contributed by atoms with Crippen molar-refractivity contribution in [2.75, 3.05) is 38.1 Å². The molecule has 0 saturated carbocycles. The summed E-state index contributed by atoms with van der Waals surface area (Å²) in [7, 11) is 1.96. The summed E-state index contributed by atoms with van der Waals surface area (Å²) in [4.78, 5) is 45.5. The van der Waals surface area contributed by atoms with Gasteiger partial charge in [-0.2, -0.15) is 0 Å². The Labute approximate surface area is 234 Å². The highest BCUT2D eigenvalue weighted by Crippen LogP contribution is 2.48. The van der Waals surface area contributed by atoms with E-state index in [0.29, 0.717) is 31.5 Å². The van der Waals surface area contributed by atoms with Gasteiger partial charge in [-0.3, -0.25) is 19.7 Å². The molecular formula is C31H39N5O4. The van der Waals surface area contributed by atoms with Crippen molar-refractivity contribution in [3.8, 4) is 0 Å². The quantitative estimate of drug-likeness (QED) is 0.430. The predicted octanol–water partition coefficient (Wildman–Crippen LogP) is 3.64. The number of pyridine rings is 1. The first-order valence-electron chi connectivity index (χ1n) is 15.1. The third-order valence-electron chi connectivity index (χ3n) is 10.6. The summed E-state index contributed by atoms with van der Waals surface area (Å²) in [6.07, 6.45) is 7.59. The number of fused-ring (bicyclic) bond motifs is 9. The highest BCUT2D eigenvalue weighted by Gasteiger charge is 2.50. The van der Waals surface area contributed by atoms with Gasteiger partial charge in [0.15, 0.2) is 0 Å². The lowest BCUT2D eigenvalue weighted by molar-refractivity contribution is -0.384. The Morgan fingerprint density at radius 2 is 1.95 bits per heavy atom. The fourth-order valence-electron chi connectivity index (χ4n) is 8.95. The zero-order chi connectivity index (χ0) is 27.5. The van der Waals surface area contributed by atoms with E-state index in [4.69, 9.17) is 0 Å². The number of amides is 1. The number of rotatable bonds is 4. The first-order valence-corrected chi connectivity index (χ1v) is 15.1. The highest BCUT2D eigenvalue weighted by atomic mass is 16.6. The summed E-state index contributed by atoms with van der Waals surface area (Å²) in [6.45, 7) is 4.45. The summed E-state index contributed by atoms with van der Waals surface area (Å²) in [5.74, 6) is 0.702. The smallest absolute Gasteiger partial charge is 0.269 e. The van der Waals surface area contributed by atoms with Gasteiger partial charge in [0.2, 0.25) is 5.91 Å². The van der Waals surface area contributed by atoms with Crippen LogP contribution in [-0.4, -0.2) is 70.5 Å². The van der Waals surface area contributed by atoms with Crippen LogP contribution >= 0.6 is 0 Å². The van der Waals surface area contributed by atoms with Crippen LogP contribution in [0.5, 0.6) is 0 Å². The van der Waals surface area contributed by atoms with Gasteiger partial charge in [0, 0.05) is 74.3 Å². The van der Waals surface area contributed by atoms with Gasteiger partial charge in [-0.1, -0.05) is 12.5 Å². The van der Waals surface area contributed by atoms with Crippen LogP contribution < -0.4 is 10.5 Å². The number of hydrogen-bond donors (Lipinski definition) is 0. The lowest BCUT2D eigenvalue weighted by Gasteiger charge is -2.54. The van der Waals surface area contributed by atoms with Crippen molar-refractivity contribution in [3.63, 3.8) is 0 Å². The van der Waals surface area contributed by atoms with E-state index in [0.717, 1.165) is 36.3 Å². The van der Waals surface area contributed by atoms with Gasteiger partial charge in [-0.05, 0) is 81.1 Å². The van der Waals surface area contributed by atoms with Gasteiger partial charge >= 0.3 is 0 Å². The van der Waals surface area contributed by atoms with E-state index < -0.39 is 0 Å². The monoisotopic (exact) mass is 545 g/mol. The van der Waals surface area contributed by atoms with Crippen LogP contribution in [0.15, 0.2) is 41.2 Å². The molecule has 5 aliphatic heterocycles.